The molecule has 0 radical (unpaired) electrons. The summed E-state index contributed by atoms with van der Waals surface area (Å²) in [6.07, 6.45) is 8.09. The number of hydrogen-bond donors (Lipinski definition) is 2. The molecule has 1 unspecified atom stereocenters. The Morgan fingerprint density at radius 1 is 0.974 bits per heavy atom. The first kappa shape index (κ1) is 29.6. The minimum atomic E-state index is -0.768. The molecule has 0 spiro atoms. The molecule has 1 aromatic carbocycles. The van der Waals surface area contributed by atoms with Gasteiger partial charge >= 0.3 is 0 Å². The molecule has 1 aliphatic heterocycles. The number of primary amides is 1. The van der Waals surface area contributed by atoms with E-state index in [0.29, 0.717) is 36.6 Å². The first-order valence-corrected chi connectivity index (χ1v) is 14.0. The van der Waals surface area contributed by atoms with E-state index in [0.717, 1.165) is 50.5 Å². The predicted octanol–water partition coefficient (Wildman–Crippen LogP) is 3.77. The third-order valence-corrected chi connectivity index (χ3v) is 8.34. The largest absolute Gasteiger partial charge is 0.493 e. The molecule has 2 aliphatic rings. The molecule has 212 valence electrons. The molecular weight excluding hydrogens is 486 g/mol. The molecule has 0 aromatic heterocycles. The minimum Gasteiger partial charge on any atom is -0.493 e. The SMILES string of the molecule is CC[C@H](C)[C@H](NC(=O)[C@@H]1CCCCN1C(=O)C(c1cc(OC)c(OC)c(OC)c1)C1CCCCC1)C(N)=O. The lowest BCUT2D eigenvalue weighted by Crippen LogP contribution is -2.58. The predicted molar refractivity (Wildman–Crippen MR) is 145 cm³/mol. The van der Waals surface area contributed by atoms with E-state index in [-0.39, 0.29) is 23.7 Å². The molecule has 1 aliphatic carbocycles. The summed E-state index contributed by atoms with van der Waals surface area (Å²) in [5.74, 6) is 0.146. The Hall–Kier alpha value is -2.97. The van der Waals surface area contributed by atoms with E-state index in [9.17, 15) is 14.4 Å². The van der Waals surface area contributed by atoms with E-state index in [1.807, 2.05) is 26.0 Å². The van der Waals surface area contributed by atoms with Crippen molar-refractivity contribution in [3.05, 3.63) is 17.7 Å². The summed E-state index contributed by atoms with van der Waals surface area (Å²) in [5, 5.41) is 2.87. The number of likely N-dealkylation sites (tertiary alicyclic amines) is 1. The molecule has 1 heterocycles. The van der Waals surface area contributed by atoms with Crippen molar-refractivity contribution in [3.8, 4) is 17.2 Å². The summed E-state index contributed by atoms with van der Waals surface area (Å²) in [4.78, 5) is 41.7. The van der Waals surface area contributed by atoms with Gasteiger partial charge < -0.3 is 30.2 Å². The Balaban J connectivity index is 1.99. The number of nitrogens with one attached hydrogen (secondary N) is 1. The van der Waals surface area contributed by atoms with Crippen LogP contribution in [0.25, 0.3) is 0 Å². The van der Waals surface area contributed by atoms with E-state index in [4.69, 9.17) is 19.9 Å². The highest BCUT2D eigenvalue weighted by Crippen LogP contribution is 2.45. The summed E-state index contributed by atoms with van der Waals surface area (Å²) in [5.41, 5.74) is 6.42. The van der Waals surface area contributed by atoms with Crippen molar-refractivity contribution in [2.24, 2.45) is 17.6 Å². The van der Waals surface area contributed by atoms with Crippen molar-refractivity contribution >= 4 is 17.7 Å². The van der Waals surface area contributed by atoms with Crippen molar-refractivity contribution in [2.75, 3.05) is 27.9 Å². The van der Waals surface area contributed by atoms with Gasteiger partial charge in [-0.1, -0.05) is 39.5 Å². The molecule has 2 fully saturated rings. The van der Waals surface area contributed by atoms with E-state index in [2.05, 4.69) is 5.32 Å². The fourth-order valence-corrected chi connectivity index (χ4v) is 5.99. The van der Waals surface area contributed by atoms with Crippen LogP contribution in [0, 0.1) is 11.8 Å². The van der Waals surface area contributed by atoms with Gasteiger partial charge in [-0.05, 0) is 61.6 Å². The van der Waals surface area contributed by atoms with Crippen LogP contribution < -0.4 is 25.3 Å². The second-order valence-corrected chi connectivity index (χ2v) is 10.7. The molecule has 3 N–H and O–H groups in total. The second-order valence-electron chi connectivity index (χ2n) is 10.7. The number of piperidine rings is 1. The Morgan fingerprint density at radius 2 is 1.58 bits per heavy atom. The van der Waals surface area contributed by atoms with E-state index >= 15 is 0 Å². The number of amides is 3. The van der Waals surface area contributed by atoms with Gasteiger partial charge in [0.15, 0.2) is 11.5 Å². The molecule has 1 saturated carbocycles. The smallest absolute Gasteiger partial charge is 0.243 e. The van der Waals surface area contributed by atoms with E-state index in [1.165, 1.54) is 0 Å². The normalized spacial score (nSPS) is 20.7. The summed E-state index contributed by atoms with van der Waals surface area (Å²) in [6, 6.07) is 2.32. The highest BCUT2D eigenvalue weighted by molar-refractivity contribution is 5.93. The van der Waals surface area contributed by atoms with Gasteiger partial charge in [-0.3, -0.25) is 14.4 Å². The molecule has 3 rings (SSSR count). The Morgan fingerprint density at radius 3 is 2.11 bits per heavy atom. The van der Waals surface area contributed by atoms with Crippen LogP contribution in [0.2, 0.25) is 0 Å². The topological polar surface area (TPSA) is 120 Å². The van der Waals surface area contributed by atoms with Crippen molar-refractivity contribution in [3.63, 3.8) is 0 Å². The minimum absolute atomic E-state index is 0.0646. The number of rotatable bonds is 11. The summed E-state index contributed by atoms with van der Waals surface area (Å²) < 4.78 is 16.7. The molecule has 0 bridgehead atoms. The van der Waals surface area contributed by atoms with Gasteiger partial charge in [0.1, 0.15) is 12.1 Å². The number of hydrogen-bond acceptors (Lipinski definition) is 6. The number of ether oxygens (including phenoxy) is 3. The van der Waals surface area contributed by atoms with Gasteiger partial charge in [0.25, 0.3) is 0 Å². The second kappa shape index (κ2) is 13.7. The van der Waals surface area contributed by atoms with Crippen LogP contribution >= 0.6 is 0 Å². The summed E-state index contributed by atoms with van der Waals surface area (Å²) in [6.45, 7) is 4.34. The number of nitrogens with two attached hydrogens (primary N) is 1. The van der Waals surface area contributed by atoms with Gasteiger partial charge in [-0.25, -0.2) is 0 Å². The van der Waals surface area contributed by atoms with Gasteiger partial charge in [0, 0.05) is 6.54 Å². The highest BCUT2D eigenvalue weighted by Gasteiger charge is 2.41. The molecule has 4 atom stereocenters. The molecule has 9 nitrogen and oxygen atoms in total. The van der Waals surface area contributed by atoms with Crippen molar-refractivity contribution in [1.82, 2.24) is 10.2 Å². The number of carbonyl (C=O) groups is 3. The fraction of sp³-hybridized carbons (Fsp3) is 0.690. The lowest BCUT2D eigenvalue weighted by atomic mass is 9.75. The van der Waals surface area contributed by atoms with Crippen molar-refractivity contribution in [2.45, 2.75) is 89.6 Å². The Labute approximate surface area is 226 Å². The van der Waals surface area contributed by atoms with E-state index in [1.54, 1.807) is 26.2 Å². The van der Waals surface area contributed by atoms with Gasteiger partial charge in [0.05, 0.1) is 27.2 Å². The van der Waals surface area contributed by atoms with E-state index < -0.39 is 23.9 Å². The molecule has 9 heteroatoms. The summed E-state index contributed by atoms with van der Waals surface area (Å²) >= 11 is 0. The number of methoxy groups -OCH3 is 3. The Bertz CT molecular complexity index is 952. The number of benzene rings is 1. The van der Waals surface area contributed by atoms with Gasteiger partial charge in [0.2, 0.25) is 23.5 Å². The zero-order valence-corrected chi connectivity index (χ0v) is 23.6. The van der Waals surface area contributed by atoms with Crippen LogP contribution in [0.15, 0.2) is 12.1 Å². The standard InChI is InChI=1S/C29H45N3O6/c1-6-18(2)25(27(30)33)31-28(34)21-14-10-11-15-32(21)29(35)24(19-12-8-7-9-13-19)20-16-22(36-3)26(38-5)23(17-20)37-4/h16-19,21,24-25H,6-15H2,1-5H3,(H2,30,33)(H,31,34)/t18-,21-,24?,25-/m0/s1. The maximum atomic E-state index is 14.4. The monoisotopic (exact) mass is 531 g/mol. The number of carbonyl (C=O) groups excluding carboxylic acids is 3. The third kappa shape index (κ3) is 6.53. The van der Waals surface area contributed by atoms with Crippen LogP contribution in [0.5, 0.6) is 17.2 Å². The average Bonchev–Trinajstić information content (AvgIpc) is 2.95. The van der Waals surface area contributed by atoms with Crippen LogP contribution in [0.1, 0.15) is 83.1 Å². The van der Waals surface area contributed by atoms with Crippen LogP contribution in [0.4, 0.5) is 0 Å². The first-order chi connectivity index (χ1) is 18.3. The van der Waals surface area contributed by atoms with Crippen LogP contribution in [0.3, 0.4) is 0 Å². The zero-order chi connectivity index (χ0) is 27.8. The lowest BCUT2D eigenvalue weighted by Gasteiger charge is -2.40. The molecule has 1 saturated heterocycles. The quantitative estimate of drug-likeness (QED) is 0.449. The highest BCUT2D eigenvalue weighted by atomic mass is 16.5. The lowest BCUT2D eigenvalue weighted by molar-refractivity contribution is -0.145. The van der Waals surface area contributed by atoms with Gasteiger partial charge in [-0.2, -0.15) is 0 Å². The first-order valence-electron chi connectivity index (χ1n) is 14.0. The fourth-order valence-electron chi connectivity index (χ4n) is 5.99. The van der Waals surface area contributed by atoms with Crippen molar-refractivity contribution in [1.29, 1.82) is 0 Å². The Kier molecular flexibility index (Phi) is 10.7. The molecule has 38 heavy (non-hydrogen) atoms. The third-order valence-electron chi connectivity index (χ3n) is 8.34. The van der Waals surface area contributed by atoms with Gasteiger partial charge in [-0.15, -0.1) is 0 Å². The zero-order valence-electron chi connectivity index (χ0n) is 23.6. The molecule has 3 amide bonds. The molecule has 1 aromatic rings. The molecular formula is C29H45N3O6. The van der Waals surface area contributed by atoms with Crippen LogP contribution in [-0.4, -0.2) is 62.6 Å². The average molecular weight is 532 g/mol. The number of nitrogens with zero attached hydrogens (tertiary/aromatic N) is 1. The maximum absolute atomic E-state index is 14.4. The van der Waals surface area contributed by atoms with Crippen molar-refractivity contribution < 1.29 is 28.6 Å². The summed E-state index contributed by atoms with van der Waals surface area (Å²) in [7, 11) is 4.69. The maximum Gasteiger partial charge on any atom is 0.243 e. The van der Waals surface area contributed by atoms with Crippen LogP contribution in [-0.2, 0) is 14.4 Å².